The molecule has 0 aliphatic rings. The molecule has 1 heterocycles. The number of ether oxygens (including phenoxy) is 1. The standard InChI is InChI=1S/C11H7ClF3N3O/c12-10-17-5-7(9(16)18-10)6-3-1-2-4-8(6)19-11(13,14)15/h1-5H,(H2,16,17,18). The predicted octanol–water partition coefficient (Wildman–Crippen LogP) is 3.28. The van der Waals surface area contributed by atoms with Crippen molar-refractivity contribution in [2.24, 2.45) is 0 Å². The van der Waals surface area contributed by atoms with E-state index in [9.17, 15) is 13.2 Å². The molecule has 1 aromatic heterocycles. The fraction of sp³-hybridized carbons (Fsp3) is 0.0909. The van der Waals surface area contributed by atoms with Gasteiger partial charge in [-0.25, -0.2) is 9.97 Å². The molecule has 2 aromatic rings. The van der Waals surface area contributed by atoms with Gasteiger partial charge in [0.1, 0.15) is 11.6 Å². The molecule has 0 radical (unpaired) electrons. The van der Waals surface area contributed by atoms with E-state index in [4.69, 9.17) is 17.3 Å². The van der Waals surface area contributed by atoms with Gasteiger partial charge in [-0.1, -0.05) is 18.2 Å². The number of hydrogen-bond acceptors (Lipinski definition) is 4. The predicted molar refractivity (Wildman–Crippen MR) is 63.6 cm³/mol. The van der Waals surface area contributed by atoms with Crippen molar-refractivity contribution in [3.05, 3.63) is 35.7 Å². The highest BCUT2D eigenvalue weighted by atomic mass is 35.5. The van der Waals surface area contributed by atoms with Crippen LogP contribution in [0.5, 0.6) is 5.75 Å². The number of anilines is 1. The Morgan fingerprint density at radius 3 is 2.47 bits per heavy atom. The first-order valence-corrected chi connectivity index (χ1v) is 5.38. The van der Waals surface area contributed by atoms with E-state index >= 15 is 0 Å². The molecule has 0 bridgehead atoms. The Balaban J connectivity index is 2.50. The highest BCUT2D eigenvalue weighted by Gasteiger charge is 2.32. The van der Waals surface area contributed by atoms with Crippen molar-refractivity contribution in [1.82, 2.24) is 9.97 Å². The number of nitrogens with two attached hydrogens (primary N) is 1. The first-order valence-electron chi connectivity index (χ1n) is 5.00. The normalized spacial score (nSPS) is 11.4. The molecule has 100 valence electrons. The van der Waals surface area contributed by atoms with Crippen molar-refractivity contribution in [3.8, 4) is 16.9 Å². The number of aromatic nitrogens is 2. The van der Waals surface area contributed by atoms with E-state index < -0.39 is 6.36 Å². The maximum absolute atomic E-state index is 12.3. The largest absolute Gasteiger partial charge is 0.573 e. The van der Waals surface area contributed by atoms with E-state index in [0.717, 1.165) is 0 Å². The van der Waals surface area contributed by atoms with Crippen LogP contribution in [-0.4, -0.2) is 16.3 Å². The molecule has 0 fully saturated rings. The summed E-state index contributed by atoms with van der Waals surface area (Å²) in [4.78, 5) is 7.37. The first-order chi connectivity index (χ1) is 8.87. The maximum Gasteiger partial charge on any atom is 0.573 e. The fourth-order valence-electron chi connectivity index (χ4n) is 1.48. The lowest BCUT2D eigenvalue weighted by molar-refractivity contribution is -0.274. The molecular formula is C11H7ClF3N3O. The summed E-state index contributed by atoms with van der Waals surface area (Å²) in [7, 11) is 0. The number of para-hydroxylation sites is 1. The molecule has 2 N–H and O–H groups in total. The first kappa shape index (κ1) is 13.4. The Hall–Kier alpha value is -2.02. The summed E-state index contributed by atoms with van der Waals surface area (Å²) in [5.74, 6) is -0.411. The highest BCUT2D eigenvalue weighted by Crippen LogP contribution is 2.35. The van der Waals surface area contributed by atoms with E-state index in [1.165, 1.54) is 24.4 Å². The van der Waals surface area contributed by atoms with Gasteiger partial charge >= 0.3 is 6.36 Å². The summed E-state index contributed by atoms with van der Waals surface area (Å²) >= 11 is 5.54. The zero-order valence-electron chi connectivity index (χ0n) is 9.28. The second kappa shape index (κ2) is 4.93. The van der Waals surface area contributed by atoms with Crippen molar-refractivity contribution in [2.45, 2.75) is 6.36 Å². The zero-order chi connectivity index (χ0) is 14.0. The third kappa shape index (κ3) is 3.25. The molecule has 0 saturated heterocycles. The van der Waals surface area contributed by atoms with Crippen LogP contribution in [-0.2, 0) is 0 Å². The zero-order valence-corrected chi connectivity index (χ0v) is 10.0. The third-order valence-electron chi connectivity index (χ3n) is 2.19. The molecule has 4 nitrogen and oxygen atoms in total. The molecule has 0 aliphatic carbocycles. The summed E-state index contributed by atoms with van der Waals surface area (Å²) in [6.45, 7) is 0. The van der Waals surface area contributed by atoms with Gasteiger partial charge in [0.2, 0.25) is 5.28 Å². The second-order valence-corrected chi connectivity index (χ2v) is 3.82. The highest BCUT2D eigenvalue weighted by molar-refractivity contribution is 6.28. The van der Waals surface area contributed by atoms with Gasteiger partial charge in [0, 0.05) is 17.3 Å². The van der Waals surface area contributed by atoms with E-state index in [0.29, 0.717) is 0 Å². The summed E-state index contributed by atoms with van der Waals surface area (Å²) in [5.41, 5.74) is 5.96. The SMILES string of the molecule is Nc1nc(Cl)ncc1-c1ccccc1OC(F)(F)F. The van der Waals surface area contributed by atoms with Gasteiger partial charge in [-0.3, -0.25) is 0 Å². The monoisotopic (exact) mass is 289 g/mol. The molecule has 1 aromatic carbocycles. The number of nitrogen functional groups attached to an aromatic ring is 1. The topological polar surface area (TPSA) is 61.0 Å². The van der Waals surface area contributed by atoms with Gasteiger partial charge in [0.15, 0.2) is 0 Å². The molecule has 2 rings (SSSR count). The van der Waals surface area contributed by atoms with Crippen LogP contribution in [0, 0.1) is 0 Å². The van der Waals surface area contributed by atoms with Gasteiger partial charge in [0.25, 0.3) is 0 Å². The van der Waals surface area contributed by atoms with Crippen LogP contribution in [0.3, 0.4) is 0 Å². The van der Waals surface area contributed by atoms with E-state index in [1.54, 1.807) is 6.07 Å². The molecule has 0 unspecified atom stereocenters. The lowest BCUT2D eigenvalue weighted by Crippen LogP contribution is -2.17. The van der Waals surface area contributed by atoms with E-state index in [1.807, 2.05) is 0 Å². The molecule has 8 heteroatoms. The minimum atomic E-state index is -4.79. The molecule has 19 heavy (non-hydrogen) atoms. The average Bonchev–Trinajstić information content (AvgIpc) is 2.28. The Kier molecular flexibility index (Phi) is 3.48. The summed E-state index contributed by atoms with van der Waals surface area (Å²) in [6.07, 6.45) is -3.55. The molecular weight excluding hydrogens is 283 g/mol. The Bertz CT molecular complexity index is 604. The molecule has 0 atom stereocenters. The van der Waals surface area contributed by atoms with Crippen molar-refractivity contribution < 1.29 is 17.9 Å². The van der Waals surface area contributed by atoms with Crippen LogP contribution in [0.25, 0.3) is 11.1 Å². The number of rotatable bonds is 2. The van der Waals surface area contributed by atoms with Crippen LogP contribution in [0.15, 0.2) is 30.5 Å². The molecule has 0 spiro atoms. The van der Waals surface area contributed by atoms with Gasteiger partial charge in [-0.15, -0.1) is 13.2 Å². The lowest BCUT2D eigenvalue weighted by atomic mass is 10.1. The molecule has 0 saturated carbocycles. The fourth-order valence-corrected chi connectivity index (χ4v) is 1.62. The van der Waals surface area contributed by atoms with Crippen molar-refractivity contribution in [2.75, 3.05) is 5.73 Å². The van der Waals surface area contributed by atoms with Gasteiger partial charge < -0.3 is 10.5 Å². The van der Waals surface area contributed by atoms with E-state index in [-0.39, 0.29) is 28.0 Å². The van der Waals surface area contributed by atoms with E-state index in [2.05, 4.69) is 14.7 Å². The Labute approximate surface area is 111 Å². The molecule has 0 amide bonds. The number of benzene rings is 1. The van der Waals surface area contributed by atoms with Gasteiger partial charge in [0.05, 0.1) is 0 Å². The smallest absolute Gasteiger partial charge is 0.405 e. The number of hydrogen-bond donors (Lipinski definition) is 1. The minimum absolute atomic E-state index is 0.0294. The van der Waals surface area contributed by atoms with Crippen molar-refractivity contribution in [1.29, 1.82) is 0 Å². The van der Waals surface area contributed by atoms with Crippen LogP contribution in [0.1, 0.15) is 0 Å². The lowest BCUT2D eigenvalue weighted by Gasteiger charge is -2.13. The van der Waals surface area contributed by atoms with Gasteiger partial charge in [-0.05, 0) is 17.7 Å². The summed E-state index contributed by atoms with van der Waals surface area (Å²) in [5, 5.41) is -0.0875. The Morgan fingerprint density at radius 1 is 1.16 bits per heavy atom. The summed E-state index contributed by atoms with van der Waals surface area (Å²) in [6, 6.07) is 5.56. The number of halogens is 4. The van der Waals surface area contributed by atoms with Crippen LogP contribution in [0.2, 0.25) is 5.28 Å². The number of alkyl halides is 3. The quantitative estimate of drug-likeness (QED) is 0.862. The van der Waals surface area contributed by atoms with Gasteiger partial charge in [-0.2, -0.15) is 0 Å². The molecule has 0 aliphatic heterocycles. The summed E-state index contributed by atoms with van der Waals surface area (Å²) < 4.78 is 40.8. The van der Waals surface area contributed by atoms with Crippen LogP contribution in [0.4, 0.5) is 19.0 Å². The Morgan fingerprint density at radius 2 is 1.84 bits per heavy atom. The number of nitrogens with zero attached hydrogens (tertiary/aromatic N) is 2. The third-order valence-corrected chi connectivity index (χ3v) is 2.37. The average molecular weight is 290 g/mol. The minimum Gasteiger partial charge on any atom is -0.405 e. The second-order valence-electron chi connectivity index (χ2n) is 3.48. The van der Waals surface area contributed by atoms with Crippen molar-refractivity contribution in [3.63, 3.8) is 0 Å². The van der Waals surface area contributed by atoms with Crippen LogP contribution >= 0.6 is 11.6 Å². The maximum atomic E-state index is 12.3. The van der Waals surface area contributed by atoms with Crippen LogP contribution < -0.4 is 10.5 Å². The van der Waals surface area contributed by atoms with Crippen molar-refractivity contribution >= 4 is 17.4 Å².